The summed E-state index contributed by atoms with van der Waals surface area (Å²) in [5.74, 6) is 1.98. The van der Waals surface area contributed by atoms with Crippen LogP contribution in [-0.4, -0.2) is 29.3 Å². The van der Waals surface area contributed by atoms with Crippen LogP contribution in [-0.2, 0) is 0 Å². The van der Waals surface area contributed by atoms with Crippen molar-refractivity contribution in [2.75, 3.05) is 13.6 Å². The molecule has 0 saturated carbocycles. The van der Waals surface area contributed by atoms with Crippen LogP contribution in [0.1, 0.15) is 10.4 Å². The Morgan fingerprint density at radius 1 is 1.65 bits per heavy atom. The van der Waals surface area contributed by atoms with E-state index < -0.39 is 4.92 Å². The minimum Gasteiger partial charge on any atom is -0.331 e. The third-order valence-electron chi connectivity index (χ3n) is 2.06. The third kappa shape index (κ3) is 3.04. The number of nitro groups is 1. The molecule has 0 N–H and O–H groups in total. The molecule has 0 radical (unpaired) electrons. The zero-order chi connectivity index (χ0) is 13.0. The molecule has 0 heterocycles. The van der Waals surface area contributed by atoms with Crippen LogP contribution >= 0.6 is 15.9 Å². The van der Waals surface area contributed by atoms with Gasteiger partial charge in [-0.1, -0.05) is 5.92 Å². The highest BCUT2D eigenvalue weighted by Crippen LogP contribution is 2.25. The molecular formula is C11H9BrN2O3. The number of carbonyl (C=O) groups is 1. The van der Waals surface area contributed by atoms with Crippen molar-refractivity contribution in [1.82, 2.24) is 4.90 Å². The van der Waals surface area contributed by atoms with E-state index in [2.05, 4.69) is 21.9 Å². The molecule has 1 amide bonds. The number of hydrogen-bond donors (Lipinski definition) is 0. The van der Waals surface area contributed by atoms with Crippen LogP contribution in [0.3, 0.4) is 0 Å². The quantitative estimate of drug-likeness (QED) is 0.487. The summed E-state index contributed by atoms with van der Waals surface area (Å²) in [6.45, 7) is 0.155. The fraction of sp³-hybridized carbons (Fsp3) is 0.182. The van der Waals surface area contributed by atoms with Gasteiger partial charge in [0.2, 0.25) is 0 Å². The Morgan fingerprint density at radius 2 is 2.29 bits per heavy atom. The molecule has 0 unspecified atom stereocenters. The van der Waals surface area contributed by atoms with Gasteiger partial charge in [0, 0.05) is 18.7 Å². The van der Waals surface area contributed by atoms with E-state index in [0.29, 0.717) is 4.47 Å². The molecular weight excluding hydrogens is 288 g/mol. The van der Waals surface area contributed by atoms with Gasteiger partial charge in [-0.2, -0.15) is 0 Å². The normalized spacial score (nSPS) is 9.47. The molecule has 6 heteroatoms. The maximum absolute atomic E-state index is 11.8. The van der Waals surface area contributed by atoms with Gasteiger partial charge in [-0.3, -0.25) is 14.9 Å². The third-order valence-corrected chi connectivity index (χ3v) is 2.74. The summed E-state index contributed by atoms with van der Waals surface area (Å²) in [7, 11) is 1.54. The SMILES string of the molecule is C#CCN(C)C(=O)c1ccc(Br)c([N+](=O)[O-])c1. The predicted octanol–water partition coefficient (Wildman–Crippen LogP) is 2.06. The van der Waals surface area contributed by atoms with Crippen molar-refractivity contribution in [2.24, 2.45) is 0 Å². The molecule has 88 valence electrons. The number of carbonyl (C=O) groups excluding carboxylic acids is 1. The van der Waals surface area contributed by atoms with Crippen molar-refractivity contribution in [2.45, 2.75) is 0 Å². The van der Waals surface area contributed by atoms with E-state index in [-0.39, 0.29) is 23.7 Å². The number of benzene rings is 1. The maximum Gasteiger partial charge on any atom is 0.284 e. The molecule has 1 rings (SSSR count). The number of amides is 1. The van der Waals surface area contributed by atoms with Gasteiger partial charge < -0.3 is 4.90 Å². The molecule has 17 heavy (non-hydrogen) atoms. The van der Waals surface area contributed by atoms with Gasteiger partial charge in [0.1, 0.15) is 0 Å². The van der Waals surface area contributed by atoms with Crippen LogP contribution in [0, 0.1) is 22.5 Å². The Morgan fingerprint density at radius 3 is 2.82 bits per heavy atom. The molecule has 5 nitrogen and oxygen atoms in total. The van der Waals surface area contributed by atoms with Crippen LogP contribution in [0.4, 0.5) is 5.69 Å². The van der Waals surface area contributed by atoms with Gasteiger partial charge in [0.05, 0.1) is 15.9 Å². The second-order valence-electron chi connectivity index (χ2n) is 3.29. The van der Waals surface area contributed by atoms with E-state index in [1.807, 2.05) is 0 Å². The predicted molar refractivity (Wildman–Crippen MR) is 66.6 cm³/mol. The fourth-order valence-corrected chi connectivity index (χ4v) is 1.61. The number of nitrogens with zero attached hydrogens (tertiary/aromatic N) is 2. The molecule has 0 aliphatic carbocycles. The van der Waals surface area contributed by atoms with E-state index in [0.717, 1.165) is 0 Å². The average Bonchev–Trinajstić information content (AvgIpc) is 2.28. The lowest BCUT2D eigenvalue weighted by atomic mass is 10.2. The zero-order valence-electron chi connectivity index (χ0n) is 9.01. The highest BCUT2D eigenvalue weighted by Gasteiger charge is 2.17. The second-order valence-corrected chi connectivity index (χ2v) is 4.14. The van der Waals surface area contributed by atoms with Crippen LogP contribution in [0.2, 0.25) is 0 Å². The lowest BCUT2D eigenvalue weighted by molar-refractivity contribution is -0.385. The van der Waals surface area contributed by atoms with Crippen LogP contribution < -0.4 is 0 Å². The van der Waals surface area contributed by atoms with E-state index in [4.69, 9.17) is 6.42 Å². The highest BCUT2D eigenvalue weighted by molar-refractivity contribution is 9.10. The summed E-state index contributed by atoms with van der Waals surface area (Å²) in [4.78, 5) is 23.3. The monoisotopic (exact) mass is 296 g/mol. The molecule has 0 fully saturated rings. The molecule has 0 bridgehead atoms. The van der Waals surface area contributed by atoms with Crippen molar-refractivity contribution >= 4 is 27.5 Å². The van der Waals surface area contributed by atoms with Crippen LogP contribution in [0.15, 0.2) is 22.7 Å². The Kier molecular flexibility index (Phi) is 4.24. The summed E-state index contributed by atoms with van der Waals surface area (Å²) in [5, 5.41) is 10.7. The van der Waals surface area contributed by atoms with E-state index in [9.17, 15) is 14.9 Å². The highest BCUT2D eigenvalue weighted by atomic mass is 79.9. The van der Waals surface area contributed by atoms with Gasteiger partial charge in [0.25, 0.3) is 11.6 Å². The summed E-state index contributed by atoms with van der Waals surface area (Å²) < 4.78 is 0.332. The molecule has 0 saturated heterocycles. The van der Waals surface area contributed by atoms with Gasteiger partial charge in [-0.25, -0.2) is 0 Å². The summed E-state index contributed by atoms with van der Waals surface area (Å²) in [6.07, 6.45) is 5.09. The van der Waals surface area contributed by atoms with Gasteiger partial charge in [-0.15, -0.1) is 6.42 Å². The first-order valence-corrected chi connectivity index (χ1v) is 5.39. The van der Waals surface area contributed by atoms with E-state index in [1.165, 1.54) is 30.1 Å². The van der Waals surface area contributed by atoms with Gasteiger partial charge >= 0.3 is 0 Å². The van der Waals surface area contributed by atoms with E-state index in [1.54, 1.807) is 0 Å². The molecule has 0 aromatic heterocycles. The minimum atomic E-state index is -0.554. The Hall–Kier alpha value is -1.87. The lowest BCUT2D eigenvalue weighted by Crippen LogP contribution is -2.26. The molecule has 0 aliphatic heterocycles. The van der Waals surface area contributed by atoms with Crippen LogP contribution in [0.5, 0.6) is 0 Å². The lowest BCUT2D eigenvalue weighted by Gasteiger charge is -2.13. The molecule has 1 aromatic carbocycles. The van der Waals surface area contributed by atoms with Crippen molar-refractivity contribution in [3.8, 4) is 12.3 Å². The summed E-state index contributed by atoms with van der Waals surface area (Å²) in [6, 6.07) is 4.20. The van der Waals surface area contributed by atoms with Crippen molar-refractivity contribution in [3.05, 3.63) is 38.3 Å². The maximum atomic E-state index is 11.8. The van der Waals surface area contributed by atoms with Crippen LogP contribution in [0.25, 0.3) is 0 Å². The molecule has 0 aliphatic rings. The van der Waals surface area contributed by atoms with Gasteiger partial charge in [-0.05, 0) is 28.1 Å². The van der Waals surface area contributed by atoms with Crippen molar-refractivity contribution < 1.29 is 9.72 Å². The Labute approximate surface area is 107 Å². The van der Waals surface area contributed by atoms with Crippen molar-refractivity contribution in [3.63, 3.8) is 0 Å². The summed E-state index contributed by atoms with van der Waals surface area (Å²) >= 11 is 3.05. The topological polar surface area (TPSA) is 63.5 Å². The number of hydrogen-bond acceptors (Lipinski definition) is 3. The first kappa shape index (κ1) is 13.2. The Bertz CT molecular complexity index is 508. The zero-order valence-corrected chi connectivity index (χ0v) is 10.6. The van der Waals surface area contributed by atoms with Gasteiger partial charge in [0.15, 0.2) is 0 Å². The first-order chi connectivity index (χ1) is 7.97. The standard InChI is InChI=1S/C11H9BrN2O3/c1-3-6-13(2)11(15)8-4-5-9(12)10(7-8)14(16)17/h1,4-5,7H,6H2,2H3. The minimum absolute atomic E-state index is 0.148. The average molecular weight is 297 g/mol. The largest absolute Gasteiger partial charge is 0.331 e. The number of terminal acetylenes is 1. The molecule has 0 atom stereocenters. The first-order valence-electron chi connectivity index (χ1n) is 4.60. The summed E-state index contributed by atoms with van der Waals surface area (Å²) in [5.41, 5.74) is 0.0857. The molecule has 1 aromatic rings. The van der Waals surface area contributed by atoms with Crippen molar-refractivity contribution in [1.29, 1.82) is 0 Å². The number of halogens is 1. The number of rotatable bonds is 3. The second kappa shape index (κ2) is 5.46. The Balaban J connectivity index is 3.08. The number of nitro benzene ring substituents is 1. The smallest absolute Gasteiger partial charge is 0.284 e. The fourth-order valence-electron chi connectivity index (χ4n) is 1.21. The molecule has 0 spiro atoms. The van der Waals surface area contributed by atoms with E-state index >= 15 is 0 Å².